The standard InChI is InChI=1S/C10H14O5/c1-2-15-9(12)5-8(11)10(13)7-3-4-14-6-7/h3-4,6,8,10-11,13H,2,5H2,1H3. The molecule has 0 radical (unpaired) electrons. The number of aliphatic hydroxyl groups excluding tert-OH is 2. The van der Waals surface area contributed by atoms with E-state index in [4.69, 9.17) is 4.42 Å². The summed E-state index contributed by atoms with van der Waals surface area (Å²) in [6.07, 6.45) is 0.157. The Morgan fingerprint density at radius 1 is 1.60 bits per heavy atom. The zero-order chi connectivity index (χ0) is 11.3. The summed E-state index contributed by atoms with van der Waals surface area (Å²) in [6, 6.07) is 1.53. The highest BCUT2D eigenvalue weighted by Gasteiger charge is 2.22. The van der Waals surface area contributed by atoms with Crippen LogP contribution >= 0.6 is 0 Å². The third-order valence-corrected chi connectivity index (χ3v) is 1.93. The third kappa shape index (κ3) is 3.38. The zero-order valence-electron chi connectivity index (χ0n) is 8.42. The van der Waals surface area contributed by atoms with Gasteiger partial charge in [0.2, 0.25) is 0 Å². The van der Waals surface area contributed by atoms with E-state index in [-0.39, 0.29) is 13.0 Å². The van der Waals surface area contributed by atoms with Crippen molar-refractivity contribution < 1.29 is 24.2 Å². The number of carbonyl (C=O) groups is 1. The second kappa shape index (κ2) is 5.53. The van der Waals surface area contributed by atoms with Crippen molar-refractivity contribution in [3.63, 3.8) is 0 Å². The van der Waals surface area contributed by atoms with Gasteiger partial charge in [0.1, 0.15) is 6.10 Å². The summed E-state index contributed by atoms with van der Waals surface area (Å²) in [6.45, 7) is 1.93. The molecular formula is C10H14O5. The lowest BCUT2D eigenvalue weighted by atomic mass is 10.1. The van der Waals surface area contributed by atoms with Crippen LogP contribution in [-0.4, -0.2) is 28.9 Å². The number of carbonyl (C=O) groups excluding carboxylic acids is 1. The lowest BCUT2D eigenvalue weighted by molar-refractivity contribution is -0.147. The van der Waals surface area contributed by atoms with E-state index in [0.29, 0.717) is 5.56 Å². The molecule has 15 heavy (non-hydrogen) atoms. The lowest BCUT2D eigenvalue weighted by Gasteiger charge is -2.15. The number of furan rings is 1. The molecule has 0 aliphatic heterocycles. The Hall–Kier alpha value is -1.33. The topological polar surface area (TPSA) is 79.9 Å². The van der Waals surface area contributed by atoms with Gasteiger partial charge in [0.15, 0.2) is 0 Å². The van der Waals surface area contributed by atoms with Crippen molar-refractivity contribution in [1.29, 1.82) is 0 Å². The van der Waals surface area contributed by atoms with Crippen molar-refractivity contribution in [1.82, 2.24) is 0 Å². The van der Waals surface area contributed by atoms with Crippen molar-refractivity contribution in [2.24, 2.45) is 0 Å². The molecule has 0 aliphatic rings. The monoisotopic (exact) mass is 214 g/mol. The molecule has 1 aromatic heterocycles. The van der Waals surface area contributed by atoms with Crippen LogP contribution in [0.3, 0.4) is 0 Å². The van der Waals surface area contributed by atoms with Crippen molar-refractivity contribution >= 4 is 5.97 Å². The van der Waals surface area contributed by atoms with Gasteiger partial charge in [0.05, 0.1) is 31.7 Å². The fraction of sp³-hybridized carbons (Fsp3) is 0.500. The van der Waals surface area contributed by atoms with Crippen LogP contribution in [0, 0.1) is 0 Å². The molecule has 1 aromatic rings. The number of rotatable bonds is 5. The molecular weight excluding hydrogens is 200 g/mol. The van der Waals surface area contributed by atoms with Crippen molar-refractivity contribution in [2.75, 3.05) is 6.61 Å². The van der Waals surface area contributed by atoms with Gasteiger partial charge in [-0.1, -0.05) is 0 Å². The van der Waals surface area contributed by atoms with Gasteiger partial charge in [-0.2, -0.15) is 0 Å². The summed E-state index contributed by atoms with van der Waals surface area (Å²) < 4.78 is 9.40. The highest BCUT2D eigenvalue weighted by atomic mass is 16.5. The van der Waals surface area contributed by atoms with E-state index in [1.165, 1.54) is 18.6 Å². The Bertz CT molecular complexity index is 293. The molecule has 84 valence electrons. The molecule has 0 aliphatic carbocycles. The molecule has 1 rings (SSSR count). The number of hydrogen-bond acceptors (Lipinski definition) is 5. The quantitative estimate of drug-likeness (QED) is 0.702. The maximum atomic E-state index is 11.0. The first kappa shape index (κ1) is 11.7. The van der Waals surface area contributed by atoms with Gasteiger partial charge in [-0.25, -0.2) is 0 Å². The number of hydrogen-bond donors (Lipinski definition) is 2. The normalized spacial score (nSPS) is 14.6. The average Bonchev–Trinajstić information content (AvgIpc) is 2.69. The summed E-state index contributed by atoms with van der Waals surface area (Å²) in [5, 5.41) is 19.1. The minimum atomic E-state index is -1.18. The molecule has 0 saturated carbocycles. The van der Waals surface area contributed by atoms with Crippen LogP contribution in [0.1, 0.15) is 25.0 Å². The van der Waals surface area contributed by atoms with Gasteiger partial charge in [-0.05, 0) is 13.0 Å². The molecule has 2 N–H and O–H groups in total. The smallest absolute Gasteiger partial charge is 0.308 e. The minimum Gasteiger partial charge on any atom is -0.472 e. The van der Waals surface area contributed by atoms with Crippen molar-refractivity contribution in [3.8, 4) is 0 Å². The summed E-state index contributed by atoms with van der Waals surface area (Å²) in [4.78, 5) is 11.0. The Kier molecular flexibility index (Phi) is 4.33. The average molecular weight is 214 g/mol. The summed E-state index contributed by atoms with van der Waals surface area (Å²) in [5.41, 5.74) is 0.437. The van der Waals surface area contributed by atoms with Gasteiger partial charge in [0.25, 0.3) is 0 Å². The van der Waals surface area contributed by atoms with E-state index in [1.54, 1.807) is 6.92 Å². The lowest BCUT2D eigenvalue weighted by Crippen LogP contribution is -2.22. The van der Waals surface area contributed by atoms with E-state index < -0.39 is 18.2 Å². The molecule has 2 atom stereocenters. The fourth-order valence-corrected chi connectivity index (χ4v) is 1.17. The van der Waals surface area contributed by atoms with Gasteiger partial charge < -0.3 is 19.4 Å². The maximum Gasteiger partial charge on any atom is 0.308 e. The second-order valence-corrected chi connectivity index (χ2v) is 3.08. The first-order valence-corrected chi connectivity index (χ1v) is 4.69. The van der Waals surface area contributed by atoms with Crippen LogP contribution in [0.5, 0.6) is 0 Å². The van der Waals surface area contributed by atoms with Crippen molar-refractivity contribution in [2.45, 2.75) is 25.6 Å². The van der Waals surface area contributed by atoms with Crippen LogP contribution in [0.4, 0.5) is 0 Å². The molecule has 5 nitrogen and oxygen atoms in total. The second-order valence-electron chi connectivity index (χ2n) is 3.08. The van der Waals surface area contributed by atoms with Gasteiger partial charge in [0, 0.05) is 5.56 Å². The molecule has 1 heterocycles. The first-order valence-electron chi connectivity index (χ1n) is 4.69. The predicted molar refractivity (Wildman–Crippen MR) is 50.9 cm³/mol. The highest BCUT2D eigenvalue weighted by molar-refractivity contribution is 5.70. The van der Waals surface area contributed by atoms with Crippen LogP contribution in [0.25, 0.3) is 0 Å². The molecule has 0 saturated heterocycles. The molecule has 0 bridgehead atoms. The number of ether oxygens (including phenoxy) is 1. The Balaban J connectivity index is 2.46. The molecule has 5 heteroatoms. The van der Waals surface area contributed by atoms with Crippen LogP contribution in [0.2, 0.25) is 0 Å². The zero-order valence-corrected chi connectivity index (χ0v) is 8.42. The van der Waals surface area contributed by atoms with E-state index in [2.05, 4.69) is 4.74 Å². The minimum absolute atomic E-state index is 0.236. The van der Waals surface area contributed by atoms with E-state index in [1.807, 2.05) is 0 Å². The SMILES string of the molecule is CCOC(=O)CC(O)C(O)c1ccoc1. The predicted octanol–water partition coefficient (Wildman–Crippen LogP) is 0.627. The Morgan fingerprint density at radius 2 is 2.33 bits per heavy atom. The van der Waals surface area contributed by atoms with E-state index in [9.17, 15) is 15.0 Å². The van der Waals surface area contributed by atoms with Gasteiger partial charge in [-0.3, -0.25) is 4.79 Å². The number of esters is 1. The largest absolute Gasteiger partial charge is 0.472 e. The molecule has 0 amide bonds. The molecule has 0 aromatic carbocycles. The Morgan fingerprint density at radius 3 is 2.87 bits per heavy atom. The first-order chi connectivity index (χ1) is 7.15. The highest BCUT2D eigenvalue weighted by Crippen LogP contribution is 2.19. The fourth-order valence-electron chi connectivity index (χ4n) is 1.17. The maximum absolute atomic E-state index is 11.0. The van der Waals surface area contributed by atoms with Gasteiger partial charge >= 0.3 is 5.97 Å². The summed E-state index contributed by atoms with van der Waals surface area (Å²) in [5.74, 6) is -0.535. The molecule has 0 spiro atoms. The van der Waals surface area contributed by atoms with Crippen LogP contribution in [0.15, 0.2) is 23.0 Å². The summed E-state index contributed by atoms with van der Waals surface area (Å²) in [7, 11) is 0. The molecule has 0 fully saturated rings. The molecule has 2 unspecified atom stereocenters. The third-order valence-electron chi connectivity index (χ3n) is 1.93. The van der Waals surface area contributed by atoms with Crippen molar-refractivity contribution in [3.05, 3.63) is 24.2 Å². The Labute approximate surface area is 87.3 Å². The van der Waals surface area contributed by atoms with E-state index in [0.717, 1.165) is 0 Å². The van der Waals surface area contributed by atoms with Crippen LogP contribution in [-0.2, 0) is 9.53 Å². The van der Waals surface area contributed by atoms with E-state index >= 15 is 0 Å². The van der Waals surface area contributed by atoms with Crippen LogP contribution < -0.4 is 0 Å². The number of aliphatic hydroxyl groups is 2. The van der Waals surface area contributed by atoms with Gasteiger partial charge in [-0.15, -0.1) is 0 Å². The summed E-state index contributed by atoms with van der Waals surface area (Å²) >= 11 is 0.